The lowest BCUT2D eigenvalue weighted by molar-refractivity contribution is 0.738. The third kappa shape index (κ3) is 1.66. The van der Waals surface area contributed by atoms with E-state index in [1.54, 1.807) is 0 Å². The summed E-state index contributed by atoms with van der Waals surface area (Å²) in [6.07, 6.45) is 3.03. The van der Waals surface area contributed by atoms with Gasteiger partial charge in [0, 0.05) is 24.8 Å². The number of nitrogens with zero attached hydrogens (tertiary/aromatic N) is 1. The molecule has 0 unspecified atom stereocenters. The second kappa shape index (κ2) is 3.46. The Balaban J connectivity index is 2.44. The Bertz CT molecular complexity index is 441. The van der Waals surface area contributed by atoms with Crippen molar-refractivity contribution in [2.75, 3.05) is 0 Å². The maximum atomic E-state index is 5.78. The summed E-state index contributed by atoms with van der Waals surface area (Å²) in [7, 11) is 2.07. The highest BCUT2D eigenvalue weighted by Crippen LogP contribution is 2.17. The Labute approximate surface area is 84.3 Å². The lowest BCUT2D eigenvalue weighted by Gasteiger charge is -2.05. The van der Waals surface area contributed by atoms with Gasteiger partial charge in [-0.3, -0.25) is 0 Å². The number of aryl methyl sites for hydroxylation is 1. The maximum absolute atomic E-state index is 5.78. The molecule has 2 rings (SSSR count). The summed E-state index contributed by atoms with van der Waals surface area (Å²) in [5.74, 6) is 0. The average Bonchev–Trinajstić information content (AvgIpc) is 2.47. The van der Waals surface area contributed by atoms with Gasteiger partial charge in [0.1, 0.15) is 0 Å². The van der Waals surface area contributed by atoms with E-state index in [-0.39, 0.29) is 6.04 Å². The number of nitrogens with two attached hydrogens (primary N) is 1. The summed E-state index contributed by atoms with van der Waals surface area (Å²) in [4.78, 5) is 0. The van der Waals surface area contributed by atoms with Gasteiger partial charge in [-0.2, -0.15) is 0 Å². The van der Waals surface area contributed by atoms with E-state index in [1.807, 2.05) is 6.92 Å². The molecule has 0 spiro atoms. The molecule has 0 bridgehead atoms. The molecule has 0 aliphatic heterocycles. The van der Waals surface area contributed by atoms with Gasteiger partial charge in [-0.25, -0.2) is 0 Å². The van der Waals surface area contributed by atoms with E-state index in [2.05, 4.69) is 42.1 Å². The zero-order chi connectivity index (χ0) is 10.1. The molecule has 1 atom stereocenters. The van der Waals surface area contributed by atoms with Crippen molar-refractivity contribution < 1.29 is 0 Å². The molecule has 1 heterocycles. The number of rotatable bonds is 2. The quantitative estimate of drug-likeness (QED) is 0.768. The minimum absolute atomic E-state index is 0.229. The van der Waals surface area contributed by atoms with E-state index >= 15 is 0 Å². The third-order valence-corrected chi connectivity index (χ3v) is 2.51. The van der Waals surface area contributed by atoms with Crippen LogP contribution in [0.1, 0.15) is 12.5 Å². The van der Waals surface area contributed by atoms with Crippen molar-refractivity contribution in [1.82, 2.24) is 4.57 Å². The molecule has 2 aromatic rings. The van der Waals surface area contributed by atoms with Crippen LogP contribution in [0, 0.1) is 0 Å². The van der Waals surface area contributed by atoms with Crippen molar-refractivity contribution >= 4 is 10.9 Å². The van der Waals surface area contributed by atoms with Crippen molar-refractivity contribution in [1.29, 1.82) is 0 Å². The lowest BCUT2D eigenvalue weighted by atomic mass is 10.1. The van der Waals surface area contributed by atoms with Gasteiger partial charge in [-0.05, 0) is 36.4 Å². The first-order chi connectivity index (χ1) is 6.66. The topological polar surface area (TPSA) is 30.9 Å². The summed E-state index contributed by atoms with van der Waals surface area (Å²) in [6.45, 7) is 2.04. The zero-order valence-electron chi connectivity index (χ0n) is 8.70. The zero-order valence-corrected chi connectivity index (χ0v) is 8.70. The molecular formula is C12H16N2. The van der Waals surface area contributed by atoms with Gasteiger partial charge in [0.25, 0.3) is 0 Å². The normalized spacial score (nSPS) is 13.4. The fourth-order valence-corrected chi connectivity index (χ4v) is 1.81. The van der Waals surface area contributed by atoms with E-state index in [9.17, 15) is 0 Å². The molecule has 2 heteroatoms. The Morgan fingerprint density at radius 2 is 2.14 bits per heavy atom. The van der Waals surface area contributed by atoms with Gasteiger partial charge in [-0.15, -0.1) is 0 Å². The number of fused-ring (bicyclic) bond motifs is 1. The predicted octanol–water partition coefficient (Wildman–Crippen LogP) is 2.07. The van der Waals surface area contributed by atoms with Crippen LogP contribution in [-0.2, 0) is 13.5 Å². The molecule has 0 fully saturated rings. The van der Waals surface area contributed by atoms with Crippen molar-refractivity contribution in [3.63, 3.8) is 0 Å². The highest BCUT2D eigenvalue weighted by atomic mass is 14.9. The van der Waals surface area contributed by atoms with Crippen LogP contribution in [0.4, 0.5) is 0 Å². The van der Waals surface area contributed by atoms with Gasteiger partial charge in [0.15, 0.2) is 0 Å². The van der Waals surface area contributed by atoms with Crippen LogP contribution in [0.15, 0.2) is 30.5 Å². The van der Waals surface area contributed by atoms with Crippen LogP contribution in [0.3, 0.4) is 0 Å². The van der Waals surface area contributed by atoms with Crippen LogP contribution in [0.5, 0.6) is 0 Å². The second-order valence-electron chi connectivity index (χ2n) is 4.00. The molecule has 1 aromatic carbocycles. The highest BCUT2D eigenvalue weighted by Gasteiger charge is 2.01. The monoisotopic (exact) mass is 188 g/mol. The molecule has 1 aromatic heterocycles. The Morgan fingerprint density at radius 3 is 2.86 bits per heavy atom. The third-order valence-electron chi connectivity index (χ3n) is 2.51. The smallest absolute Gasteiger partial charge is 0.0480 e. The molecule has 0 saturated heterocycles. The molecular weight excluding hydrogens is 172 g/mol. The molecule has 0 amide bonds. The number of aromatic nitrogens is 1. The summed E-state index contributed by atoms with van der Waals surface area (Å²) in [6, 6.07) is 8.90. The summed E-state index contributed by atoms with van der Waals surface area (Å²) in [5.41, 5.74) is 8.37. The van der Waals surface area contributed by atoms with Gasteiger partial charge in [-0.1, -0.05) is 12.1 Å². The van der Waals surface area contributed by atoms with Crippen LogP contribution >= 0.6 is 0 Å². The van der Waals surface area contributed by atoms with Crippen molar-refractivity contribution in [3.8, 4) is 0 Å². The van der Waals surface area contributed by atoms with E-state index in [0.717, 1.165) is 6.42 Å². The van der Waals surface area contributed by atoms with Gasteiger partial charge in [0.05, 0.1) is 0 Å². The van der Waals surface area contributed by atoms with Crippen LogP contribution in [0.2, 0.25) is 0 Å². The minimum atomic E-state index is 0.229. The van der Waals surface area contributed by atoms with Crippen molar-refractivity contribution in [2.24, 2.45) is 12.8 Å². The van der Waals surface area contributed by atoms with Gasteiger partial charge in [0.2, 0.25) is 0 Å². The van der Waals surface area contributed by atoms with E-state index in [4.69, 9.17) is 5.73 Å². The Hall–Kier alpha value is -1.28. The first-order valence-electron chi connectivity index (χ1n) is 4.96. The molecule has 14 heavy (non-hydrogen) atoms. The van der Waals surface area contributed by atoms with E-state index in [0.29, 0.717) is 0 Å². The molecule has 0 saturated carbocycles. The Morgan fingerprint density at radius 1 is 1.36 bits per heavy atom. The fraction of sp³-hybridized carbons (Fsp3) is 0.333. The van der Waals surface area contributed by atoms with Crippen molar-refractivity contribution in [3.05, 3.63) is 36.0 Å². The van der Waals surface area contributed by atoms with Gasteiger partial charge >= 0.3 is 0 Å². The van der Waals surface area contributed by atoms with E-state index < -0.39 is 0 Å². The van der Waals surface area contributed by atoms with Crippen LogP contribution < -0.4 is 5.73 Å². The average molecular weight is 188 g/mol. The first kappa shape index (κ1) is 9.28. The predicted molar refractivity (Wildman–Crippen MR) is 60.3 cm³/mol. The van der Waals surface area contributed by atoms with Crippen LogP contribution in [-0.4, -0.2) is 10.6 Å². The van der Waals surface area contributed by atoms with Gasteiger partial charge < -0.3 is 10.3 Å². The molecule has 2 N–H and O–H groups in total. The number of hydrogen-bond acceptors (Lipinski definition) is 1. The SMILES string of the molecule is C[C@@H](N)Cc1ccc2ccn(C)c2c1. The molecule has 0 aliphatic rings. The van der Waals surface area contributed by atoms with E-state index in [1.165, 1.54) is 16.5 Å². The summed E-state index contributed by atoms with van der Waals surface area (Å²) >= 11 is 0. The first-order valence-corrected chi connectivity index (χ1v) is 4.96. The van der Waals surface area contributed by atoms with Crippen molar-refractivity contribution in [2.45, 2.75) is 19.4 Å². The molecule has 0 aliphatic carbocycles. The summed E-state index contributed by atoms with van der Waals surface area (Å²) in [5, 5.41) is 1.29. The Kier molecular flexibility index (Phi) is 2.30. The standard InChI is InChI=1S/C12H16N2/c1-9(13)7-10-3-4-11-5-6-14(2)12(11)8-10/h3-6,8-9H,7,13H2,1-2H3/t9-/m1/s1. The highest BCUT2D eigenvalue weighted by molar-refractivity contribution is 5.80. The number of hydrogen-bond donors (Lipinski definition) is 1. The molecule has 74 valence electrons. The molecule has 2 nitrogen and oxygen atoms in total. The largest absolute Gasteiger partial charge is 0.351 e. The number of benzene rings is 1. The molecule has 0 radical (unpaired) electrons. The second-order valence-corrected chi connectivity index (χ2v) is 4.00. The summed E-state index contributed by atoms with van der Waals surface area (Å²) < 4.78 is 2.14. The maximum Gasteiger partial charge on any atom is 0.0480 e. The minimum Gasteiger partial charge on any atom is -0.351 e. The fourth-order valence-electron chi connectivity index (χ4n) is 1.81. The lowest BCUT2D eigenvalue weighted by Crippen LogP contribution is -2.17. The van der Waals surface area contributed by atoms with Crippen LogP contribution in [0.25, 0.3) is 10.9 Å².